The Kier molecular flexibility index (Phi) is 5.17. The number of likely N-dealkylation sites (N-methyl/N-ethyl adjacent to an activating group) is 1. The van der Waals surface area contributed by atoms with Crippen LogP contribution in [0.4, 0.5) is 13.2 Å². The van der Waals surface area contributed by atoms with E-state index in [0.29, 0.717) is 6.54 Å². The highest BCUT2D eigenvalue weighted by atomic mass is 35.5. The van der Waals surface area contributed by atoms with Gasteiger partial charge in [0.15, 0.2) is 5.69 Å². The summed E-state index contributed by atoms with van der Waals surface area (Å²) in [6.07, 6.45) is -3.02. The van der Waals surface area contributed by atoms with Crippen LogP contribution in [0.1, 0.15) is 35.6 Å². The molecule has 2 aromatic rings. The summed E-state index contributed by atoms with van der Waals surface area (Å²) in [7, 11) is 3.37. The summed E-state index contributed by atoms with van der Waals surface area (Å²) in [4.78, 5) is 14.0. The number of alkyl halides is 3. The minimum atomic E-state index is -4.67. The van der Waals surface area contributed by atoms with Crippen LogP contribution >= 0.6 is 11.6 Å². The highest BCUT2D eigenvalue weighted by Gasteiger charge is 2.39. The van der Waals surface area contributed by atoms with Crippen molar-refractivity contribution in [1.29, 1.82) is 0 Å². The molecule has 0 aliphatic carbocycles. The maximum atomic E-state index is 12.9. The fraction of sp³-hybridized carbons (Fsp3) is 0.533. The van der Waals surface area contributed by atoms with Gasteiger partial charge in [-0.05, 0) is 20.8 Å². The van der Waals surface area contributed by atoms with Crippen LogP contribution in [0.3, 0.4) is 0 Å². The van der Waals surface area contributed by atoms with Crippen molar-refractivity contribution in [3.63, 3.8) is 0 Å². The summed E-state index contributed by atoms with van der Waals surface area (Å²) in [5.74, 6) is -0.376. The van der Waals surface area contributed by atoms with E-state index in [4.69, 9.17) is 11.6 Å². The second kappa shape index (κ2) is 6.70. The molecule has 0 saturated carbocycles. The van der Waals surface area contributed by atoms with Gasteiger partial charge in [0, 0.05) is 31.9 Å². The predicted octanol–water partition coefficient (Wildman–Crippen LogP) is 3.13. The van der Waals surface area contributed by atoms with E-state index in [1.165, 1.54) is 18.7 Å². The molecule has 0 unspecified atom stereocenters. The Morgan fingerprint density at radius 3 is 2.40 bits per heavy atom. The first-order chi connectivity index (χ1) is 11.4. The van der Waals surface area contributed by atoms with Crippen molar-refractivity contribution in [3.8, 4) is 0 Å². The molecule has 2 aromatic heterocycles. The highest BCUT2D eigenvalue weighted by molar-refractivity contribution is 6.32. The van der Waals surface area contributed by atoms with Crippen molar-refractivity contribution < 1.29 is 18.0 Å². The van der Waals surface area contributed by atoms with E-state index >= 15 is 0 Å². The minimum absolute atomic E-state index is 0.0980. The first kappa shape index (κ1) is 19.3. The number of nitrogens with zero attached hydrogens (tertiary/aromatic N) is 5. The van der Waals surface area contributed by atoms with E-state index in [2.05, 4.69) is 10.2 Å². The Hall–Kier alpha value is -2.03. The maximum absolute atomic E-state index is 12.9. The van der Waals surface area contributed by atoms with E-state index in [0.717, 1.165) is 15.9 Å². The number of hydrogen-bond donors (Lipinski definition) is 0. The van der Waals surface area contributed by atoms with Gasteiger partial charge in [0.25, 0.3) is 0 Å². The molecule has 0 saturated heterocycles. The van der Waals surface area contributed by atoms with Gasteiger partial charge in [0.2, 0.25) is 5.91 Å². The lowest BCUT2D eigenvalue weighted by Gasteiger charge is -2.22. The molecular formula is C15H19ClF3N5O. The van der Waals surface area contributed by atoms with Gasteiger partial charge < -0.3 is 4.90 Å². The number of hydrogen-bond acceptors (Lipinski definition) is 3. The zero-order valence-corrected chi connectivity index (χ0v) is 15.3. The summed E-state index contributed by atoms with van der Waals surface area (Å²) >= 11 is 5.74. The third kappa shape index (κ3) is 3.65. The minimum Gasteiger partial charge on any atom is -0.339 e. The summed E-state index contributed by atoms with van der Waals surface area (Å²) in [5.41, 5.74) is 0.680. The zero-order valence-electron chi connectivity index (χ0n) is 14.5. The third-order valence-corrected chi connectivity index (χ3v) is 4.64. The van der Waals surface area contributed by atoms with Gasteiger partial charge in [-0.1, -0.05) is 11.6 Å². The Morgan fingerprint density at radius 1 is 1.36 bits per heavy atom. The molecule has 0 spiro atoms. The highest BCUT2D eigenvalue weighted by Crippen LogP contribution is 2.36. The second-order valence-corrected chi connectivity index (χ2v) is 6.32. The van der Waals surface area contributed by atoms with Gasteiger partial charge in [0.1, 0.15) is 6.04 Å². The van der Waals surface area contributed by atoms with Crippen LogP contribution in [0.5, 0.6) is 0 Å². The molecule has 6 nitrogen and oxygen atoms in total. The van der Waals surface area contributed by atoms with Crippen LogP contribution < -0.4 is 0 Å². The molecule has 0 radical (unpaired) electrons. The molecule has 0 N–H and O–H groups in total. The lowest BCUT2D eigenvalue weighted by Crippen LogP contribution is -2.33. The number of carbonyl (C=O) groups is 1. The zero-order chi connectivity index (χ0) is 19.1. The Labute approximate surface area is 148 Å². The quantitative estimate of drug-likeness (QED) is 0.822. The number of aryl methyl sites for hydroxylation is 1. The van der Waals surface area contributed by atoms with Crippen molar-refractivity contribution >= 4 is 17.5 Å². The molecule has 138 valence electrons. The Morgan fingerprint density at radius 2 is 1.96 bits per heavy atom. The molecule has 2 rings (SSSR count). The van der Waals surface area contributed by atoms with Gasteiger partial charge >= 0.3 is 6.18 Å². The van der Waals surface area contributed by atoms with Gasteiger partial charge in [-0.15, -0.1) is 0 Å². The maximum Gasteiger partial charge on any atom is 0.436 e. The number of halogens is 4. The monoisotopic (exact) mass is 377 g/mol. The normalized spacial score (nSPS) is 13.2. The SMILES string of the molecule is Cc1c(CN(C)C(=O)[C@@H](C)n2nc(C(F)(F)F)c(Cl)c2C)cnn1C. The summed E-state index contributed by atoms with van der Waals surface area (Å²) in [5, 5.41) is 7.13. The van der Waals surface area contributed by atoms with Crippen molar-refractivity contribution in [1.82, 2.24) is 24.5 Å². The lowest BCUT2D eigenvalue weighted by molar-refractivity contribution is -0.142. The molecule has 2 heterocycles. The summed E-state index contributed by atoms with van der Waals surface area (Å²) < 4.78 is 41.5. The van der Waals surface area contributed by atoms with E-state index < -0.39 is 22.9 Å². The van der Waals surface area contributed by atoms with E-state index in [-0.39, 0.29) is 11.6 Å². The number of aromatic nitrogens is 4. The van der Waals surface area contributed by atoms with Gasteiger partial charge in [0.05, 0.1) is 16.9 Å². The molecule has 1 atom stereocenters. The summed E-state index contributed by atoms with van der Waals surface area (Å²) in [6.45, 7) is 5.06. The topological polar surface area (TPSA) is 56.0 Å². The van der Waals surface area contributed by atoms with Crippen LogP contribution in [0.2, 0.25) is 5.02 Å². The van der Waals surface area contributed by atoms with Crippen LogP contribution in [-0.2, 0) is 24.6 Å². The third-order valence-electron chi connectivity index (χ3n) is 4.19. The smallest absolute Gasteiger partial charge is 0.339 e. The average Bonchev–Trinajstić information content (AvgIpc) is 3.00. The molecule has 0 fully saturated rings. The Bertz CT molecular complexity index is 796. The van der Waals surface area contributed by atoms with E-state index in [1.54, 1.807) is 25.0 Å². The fourth-order valence-corrected chi connectivity index (χ4v) is 2.74. The van der Waals surface area contributed by atoms with Crippen molar-refractivity contribution in [2.24, 2.45) is 7.05 Å². The van der Waals surface area contributed by atoms with E-state index in [9.17, 15) is 18.0 Å². The molecule has 1 amide bonds. The summed E-state index contributed by atoms with van der Waals surface area (Å²) in [6, 6.07) is -0.921. The number of amides is 1. The Balaban J connectivity index is 2.24. The van der Waals surface area contributed by atoms with E-state index in [1.807, 2.05) is 6.92 Å². The van der Waals surface area contributed by atoms with Crippen LogP contribution in [0, 0.1) is 13.8 Å². The number of carbonyl (C=O) groups excluding carboxylic acids is 1. The molecule has 0 aliphatic heterocycles. The van der Waals surface area contributed by atoms with Crippen LogP contribution in [-0.4, -0.2) is 37.4 Å². The number of rotatable bonds is 4. The standard InChI is InChI=1S/C15H19ClF3N5O/c1-8-11(6-20-23(8)5)7-22(4)14(25)10(3)24-9(2)12(16)13(21-24)15(17,18)19/h6,10H,7H2,1-5H3/t10-/m1/s1. The molecule has 10 heteroatoms. The first-order valence-electron chi connectivity index (χ1n) is 7.49. The molecule has 0 bridgehead atoms. The van der Waals surface area contributed by atoms with Crippen LogP contribution in [0.15, 0.2) is 6.20 Å². The molecule has 0 aliphatic rings. The second-order valence-electron chi connectivity index (χ2n) is 5.94. The largest absolute Gasteiger partial charge is 0.436 e. The van der Waals surface area contributed by atoms with Crippen molar-refractivity contribution in [2.45, 2.75) is 39.5 Å². The average molecular weight is 378 g/mol. The molecule has 0 aromatic carbocycles. The lowest BCUT2D eigenvalue weighted by atomic mass is 10.2. The molecule has 25 heavy (non-hydrogen) atoms. The fourth-order valence-electron chi connectivity index (χ4n) is 2.51. The van der Waals surface area contributed by atoms with Crippen molar-refractivity contribution in [3.05, 3.63) is 33.9 Å². The van der Waals surface area contributed by atoms with Crippen molar-refractivity contribution in [2.75, 3.05) is 7.05 Å². The first-order valence-corrected chi connectivity index (χ1v) is 7.87. The molecular weight excluding hydrogens is 359 g/mol. The van der Waals surface area contributed by atoms with Gasteiger partial charge in [-0.25, -0.2) is 0 Å². The van der Waals surface area contributed by atoms with Gasteiger partial charge in [-0.2, -0.15) is 23.4 Å². The van der Waals surface area contributed by atoms with Gasteiger partial charge in [-0.3, -0.25) is 14.2 Å². The predicted molar refractivity (Wildman–Crippen MR) is 86.1 cm³/mol. The van der Waals surface area contributed by atoms with Crippen LogP contribution in [0.25, 0.3) is 0 Å².